The van der Waals surface area contributed by atoms with E-state index in [9.17, 15) is 10.2 Å². The highest BCUT2D eigenvalue weighted by Gasteiger charge is 2.32. The molecular formula is C32H49O2S2. The zero-order chi connectivity index (χ0) is 28.1. The zero-order valence-corrected chi connectivity index (χ0v) is 26.6. The summed E-state index contributed by atoms with van der Waals surface area (Å²) in [7, 11) is 0. The van der Waals surface area contributed by atoms with Gasteiger partial charge < -0.3 is 10.2 Å². The number of hydrogen-bond acceptors (Lipinski definition) is 4. The highest BCUT2D eigenvalue weighted by Crippen LogP contribution is 2.51. The fourth-order valence-corrected chi connectivity index (χ4v) is 6.87. The molecular weight excluding hydrogens is 480 g/mol. The molecule has 4 heteroatoms. The van der Waals surface area contributed by atoms with E-state index in [2.05, 4.69) is 121 Å². The van der Waals surface area contributed by atoms with Gasteiger partial charge in [0.05, 0.1) is 4.08 Å². The number of rotatable bonds is 6. The van der Waals surface area contributed by atoms with Gasteiger partial charge in [0.2, 0.25) is 0 Å². The smallest absolute Gasteiger partial charge is 0.123 e. The summed E-state index contributed by atoms with van der Waals surface area (Å²) in [5, 5.41) is 22.4. The molecule has 2 aromatic rings. The van der Waals surface area contributed by atoms with E-state index in [1.54, 1.807) is 0 Å². The Morgan fingerprint density at radius 1 is 0.556 bits per heavy atom. The van der Waals surface area contributed by atoms with E-state index in [4.69, 9.17) is 0 Å². The van der Waals surface area contributed by atoms with E-state index in [-0.39, 0.29) is 25.7 Å². The van der Waals surface area contributed by atoms with Gasteiger partial charge in [0.1, 0.15) is 11.5 Å². The van der Waals surface area contributed by atoms with E-state index in [0.717, 1.165) is 32.0 Å². The minimum atomic E-state index is -0.224. The lowest BCUT2D eigenvalue weighted by Gasteiger charge is -2.32. The maximum Gasteiger partial charge on any atom is 0.123 e. The number of phenols is 2. The van der Waals surface area contributed by atoms with Crippen LogP contribution in [0.1, 0.15) is 119 Å². The van der Waals surface area contributed by atoms with Gasteiger partial charge in [0.15, 0.2) is 0 Å². The third-order valence-electron chi connectivity index (χ3n) is 6.67. The first kappa shape index (κ1) is 31.0. The largest absolute Gasteiger partial charge is 0.507 e. The Hall–Kier alpha value is -1.26. The van der Waals surface area contributed by atoms with Gasteiger partial charge in [-0.2, -0.15) is 0 Å². The van der Waals surface area contributed by atoms with Crippen molar-refractivity contribution in [1.29, 1.82) is 0 Å². The number of hydrogen-bond donors (Lipinski definition) is 2. The van der Waals surface area contributed by atoms with Crippen LogP contribution in [0.3, 0.4) is 0 Å². The van der Waals surface area contributed by atoms with Gasteiger partial charge in [0.25, 0.3) is 0 Å². The second kappa shape index (κ2) is 10.1. The van der Waals surface area contributed by atoms with Crippen molar-refractivity contribution in [1.82, 2.24) is 0 Å². The summed E-state index contributed by atoms with van der Waals surface area (Å²) in [4.78, 5) is 2.31. The highest BCUT2D eigenvalue weighted by molar-refractivity contribution is 8.18. The minimum Gasteiger partial charge on any atom is -0.507 e. The van der Waals surface area contributed by atoms with Crippen molar-refractivity contribution in [2.24, 2.45) is 0 Å². The normalized spacial score (nSPS) is 13.8. The Morgan fingerprint density at radius 2 is 0.833 bits per heavy atom. The topological polar surface area (TPSA) is 40.5 Å². The molecule has 0 fully saturated rings. The van der Waals surface area contributed by atoms with E-state index in [1.165, 1.54) is 0 Å². The predicted octanol–water partition coefficient (Wildman–Crippen LogP) is 10.1. The Kier molecular flexibility index (Phi) is 8.72. The van der Waals surface area contributed by atoms with Crippen molar-refractivity contribution in [3.63, 3.8) is 0 Å². The average molecular weight is 530 g/mol. The molecule has 36 heavy (non-hydrogen) atoms. The second-order valence-electron chi connectivity index (χ2n) is 14.2. The molecule has 2 aromatic carbocycles. The molecule has 0 saturated carbocycles. The Balaban J connectivity index is 2.58. The van der Waals surface area contributed by atoms with Crippen LogP contribution in [-0.4, -0.2) is 14.3 Å². The summed E-state index contributed by atoms with van der Waals surface area (Å²) in [6.07, 6.45) is 0.703. The number of thioether (sulfide) groups is 2. The molecule has 0 atom stereocenters. The molecule has 2 nitrogen and oxygen atoms in total. The molecule has 0 saturated heterocycles. The van der Waals surface area contributed by atoms with Gasteiger partial charge >= 0.3 is 0 Å². The lowest BCUT2D eigenvalue weighted by molar-refractivity contribution is 0.414. The molecule has 1 radical (unpaired) electrons. The van der Waals surface area contributed by atoms with Crippen LogP contribution in [0, 0.1) is 6.92 Å². The van der Waals surface area contributed by atoms with Crippen molar-refractivity contribution in [2.75, 3.05) is 0 Å². The molecule has 0 unspecified atom stereocenters. The van der Waals surface area contributed by atoms with Crippen molar-refractivity contribution in [2.45, 2.75) is 132 Å². The SMILES string of the molecule is [CH2]CC(C)(C)c1cc(SC(C)(C)Sc2cc(C(C)(C)C)c(O)c(C(C)(C)C)c2)cc(C(C)(C)C)c1O. The third kappa shape index (κ3) is 7.19. The van der Waals surface area contributed by atoms with Crippen LogP contribution in [0.4, 0.5) is 0 Å². The standard InChI is InChI=1S/C32H49O2S2/c1-15-31(11,12)25-19-21(18-24(27(25)34)30(8,9)10)36-32(13,14)35-20-16-22(28(2,3)4)26(33)23(17-20)29(5,6)7/h16-19,33-34H,1,15H2,2-14H3. The Labute approximate surface area is 230 Å². The minimum absolute atomic E-state index is 0.162. The number of aromatic hydroxyl groups is 2. The monoisotopic (exact) mass is 529 g/mol. The fraction of sp³-hybridized carbons (Fsp3) is 0.594. The van der Waals surface area contributed by atoms with Crippen molar-refractivity contribution >= 4 is 23.5 Å². The van der Waals surface area contributed by atoms with Crippen LogP contribution in [0.5, 0.6) is 11.5 Å². The van der Waals surface area contributed by atoms with Crippen LogP contribution in [0.2, 0.25) is 0 Å². The first-order chi connectivity index (χ1) is 16.0. The van der Waals surface area contributed by atoms with Gasteiger partial charge in [-0.1, -0.05) is 83.1 Å². The molecule has 2 rings (SSSR count). The summed E-state index contributed by atoms with van der Waals surface area (Å²) < 4.78 is -0.181. The molecule has 0 aromatic heterocycles. The van der Waals surface area contributed by atoms with E-state index in [1.807, 2.05) is 23.5 Å². The summed E-state index contributed by atoms with van der Waals surface area (Å²) in [6.45, 7) is 32.3. The van der Waals surface area contributed by atoms with Crippen LogP contribution in [0.25, 0.3) is 0 Å². The van der Waals surface area contributed by atoms with Crippen LogP contribution in [0.15, 0.2) is 34.1 Å². The number of phenolic OH excluding ortho intramolecular Hbond substituents is 2. The molecule has 0 aliphatic rings. The molecule has 0 aliphatic carbocycles. The third-order valence-corrected chi connectivity index (χ3v) is 9.10. The maximum absolute atomic E-state index is 11.2. The summed E-state index contributed by atoms with van der Waals surface area (Å²) in [5.74, 6) is 0.812. The molecule has 201 valence electrons. The summed E-state index contributed by atoms with van der Waals surface area (Å²) in [6, 6.07) is 8.63. The predicted molar refractivity (Wildman–Crippen MR) is 161 cm³/mol. The lowest BCUT2D eigenvalue weighted by Crippen LogP contribution is -2.20. The summed E-state index contributed by atoms with van der Waals surface area (Å²) in [5.41, 5.74) is 3.18. The first-order valence-corrected chi connectivity index (χ1v) is 14.6. The van der Waals surface area contributed by atoms with Gasteiger partial charge in [0, 0.05) is 32.0 Å². The highest BCUT2D eigenvalue weighted by atomic mass is 32.2. The van der Waals surface area contributed by atoms with Crippen LogP contribution >= 0.6 is 23.5 Å². The van der Waals surface area contributed by atoms with Gasteiger partial charge in [-0.05, 0) is 66.2 Å². The lowest BCUT2D eigenvalue weighted by atomic mass is 9.77. The fourth-order valence-electron chi connectivity index (χ4n) is 4.29. The van der Waals surface area contributed by atoms with Crippen LogP contribution in [-0.2, 0) is 21.7 Å². The maximum atomic E-state index is 11.2. The van der Waals surface area contributed by atoms with Gasteiger partial charge in [-0.3, -0.25) is 0 Å². The average Bonchev–Trinajstić information content (AvgIpc) is 2.67. The van der Waals surface area contributed by atoms with Gasteiger partial charge in [-0.25, -0.2) is 0 Å². The van der Waals surface area contributed by atoms with Crippen LogP contribution < -0.4 is 0 Å². The first-order valence-electron chi connectivity index (χ1n) is 12.9. The second-order valence-corrected chi connectivity index (χ2v) is 17.9. The molecule has 0 spiro atoms. The summed E-state index contributed by atoms with van der Waals surface area (Å²) >= 11 is 3.64. The van der Waals surface area contributed by atoms with Crippen molar-refractivity contribution in [3.05, 3.63) is 53.4 Å². The number of benzene rings is 2. The molecule has 0 bridgehead atoms. The van der Waals surface area contributed by atoms with Crippen molar-refractivity contribution < 1.29 is 10.2 Å². The Bertz CT molecular complexity index is 1060. The van der Waals surface area contributed by atoms with Gasteiger partial charge in [-0.15, -0.1) is 23.5 Å². The van der Waals surface area contributed by atoms with E-state index in [0.29, 0.717) is 17.9 Å². The molecule has 0 heterocycles. The van der Waals surface area contributed by atoms with E-state index < -0.39 is 0 Å². The van der Waals surface area contributed by atoms with E-state index >= 15 is 0 Å². The molecule has 2 N–H and O–H groups in total. The Morgan fingerprint density at radius 3 is 1.11 bits per heavy atom. The van der Waals surface area contributed by atoms with Crippen molar-refractivity contribution in [3.8, 4) is 11.5 Å². The molecule has 0 amide bonds. The quantitative estimate of drug-likeness (QED) is 0.288. The molecule has 0 aliphatic heterocycles. The zero-order valence-electron chi connectivity index (χ0n) is 24.9.